The highest BCUT2D eigenvalue weighted by molar-refractivity contribution is 5.88. The Labute approximate surface area is 185 Å². The Morgan fingerprint density at radius 2 is 1.56 bits per heavy atom. The highest BCUT2D eigenvalue weighted by atomic mass is 16.5. The van der Waals surface area contributed by atoms with Gasteiger partial charge >= 0.3 is 5.97 Å². The zero-order valence-electron chi connectivity index (χ0n) is 17.6. The third-order valence-corrected chi connectivity index (χ3v) is 5.45. The summed E-state index contributed by atoms with van der Waals surface area (Å²) in [6.45, 7) is 0. The summed E-state index contributed by atoms with van der Waals surface area (Å²) >= 11 is 0. The number of fused-ring (bicyclic) bond motifs is 1. The van der Waals surface area contributed by atoms with E-state index in [9.17, 15) is 4.79 Å². The number of rotatable bonds is 5. The second-order valence-electron chi connectivity index (χ2n) is 7.46. The van der Waals surface area contributed by atoms with Crippen LogP contribution in [-0.4, -0.2) is 27.7 Å². The van der Waals surface area contributed by atoms with Crippen molar-refractivity contribution in [3.63, 3.8) is 0 Å². The van der Waals surface area contributed by atoms with Gasteiger partial charge in [-0.05, 0) is 23.8 Å². The number of aromatic nitrogens is 3. The van der Waals surface area contributed by atoms with Crippen LogP contribution in [-0.2, 0) is 11.2 Å². The van der Waals surface area contributed by atoms with Crippen LogP contribution in [0.1, 0.15) is 21.7 Å². The molecule has 0 aliphatic carbocycles. The molecule has 0 N–H and O–H groups in total. The topological polar surface area (TPSA) is 56.5 Å². The second-order valence-corrected chi connectivity index (χ2v) is 7.46. The maximum absolute atomic E-state index is 12.0. The number of methoxy groups -OCH3 is 1. The van der Waals surface area contributed by atoms with Crippen LogP contribution in [0.2, 0.25) is 0 Å². The summed E-state index contributed by atoms with van der Waals surface area (Å²) < 4.78 is 6.78. The first kappa shape index (κ1) is 19.7. The van der Waals surface area contributed by atoms with Crippen molar-refractivity contribution in [1.82, 2.24) is 14.6 Å². The number of carbonyl (C=O) groups excluding carboxylic acids is 1. The summed E-state index contributed by atoms with van der Waals surface area (Å²) in [5, 5.41) is 4.94. The highest BCUT2D eigenvalue weighted by Gasteiger charge is 2.19. The van der Waals surface area contributed by atoms with E-state index in [1.54, 1.807) is 6.07 Å². The first-order valence-electron chi connectivity index (χ1n) is 10.4. The molecule has 2 aromatic carbocycles. The minimum Gasteiger partial charge on any atom is -0.464 e. The molecule has 0 radical (unpaired) electrons. The van der Waals surface area contributed by atoms with E-state index in [0.717, 1.165) is 39.2 Å². The second kappa shape index (κ2) is 8.47. The maximum atomic E-state index is 12.0. The van der Waals surface area contributed by atoms with Gasteiger partial charge in [-0.1, -0.05) is 72.8 Å². The lowest BCUT2D eigenvalue weighted by Gasteiger charge is -2.09. The van der Waals surface area contributed by atoms with E-state index in [2.05, 4.69) is 35.3 Å². The molecule has 0 bridgehead atoms. The van der Waals surface area contributed by atoms with Crippen LogP contribution in [0.5, 0.6) is 0 Å². The van der Waals surface area contributed by atoms with E-state index >= 15 is 0 Å². The maximum Gasteiger partial charge on any atom is 0.356 e. The molecule has 0 spiro atoms. The number of nitrogens with zero attached hydrogens (tertiary/aromatic N) is 3. The fourth-order valence-corrected chi connectivity index (χ4v) is 3.99. The van der Waals surface area contributed by atoms with E-state index in [1.807, 2.05) is 65.3 Å². The van der Waals surface area contributed by atoms with E-state index in [4.69, 9.17) is 9.84 Å². The molecule has 0 aliphatic heterocycles. The molecule has 5 aromatic rings. The minimum atomic E-state index is -0.444. The zero-order chi connectivity index (χ0) is 21.9. The molecule has 0 amide bonds. The normalized spacial score (nSPS) is 10.9. The first-order valence-corrected chi connectivity index (χ1v) is 10.4. The van der Waals surface area contributed by atoms with Gasteiger partial charge < -0.3 is 4.74 Å². The Balaban J connectivity index is 1.73. The summed E-state index contributed by atoms with van der Waals surface area (Å²) in [5.74, 6) is -0.444. The van der Waals surface area contributed by atoms with Gasteiger partial charge in [0, 0.05) is 35.0 Å². The van der Waals surface area contributed by atoms with Gasteiger partial charge in [0.15, 0.2) is 0 Å². The molecule has 3 heterocycles. The van der Waals surface area contributed by atoms with Crippen molar-refractivity contribution in [2.45, 2.75) is 6.42 Å². The van der Waals surface area contributed by atoms with Crippen molar-refractivity contribution in [3.05, 3.63) is 114 Å². The molecule has 0 unspecified atom stereocenters. The predicted molar refractivity (Wildman–Crippen MR) is 124 cm³/mol. The largest absolute Gasteiger partial charge is 0.464 e. The van der Waals surface area contributed by atoms with Gasteiger partial charge in [0.25, 0.3) is 0 Å². The number of hydrogen-bond donors (Lipinski definition) is 0. The SMILES string of the molecule is COC(=O)c1cccc(Cc2c(-c3ccccc3)nn3cccc(-c4ccccc4)c23)n1. The number of carbonyl (C=O) groups is 1. The molecule has 5 rings (SSSR count). The van der Waals surface area contributed by atoms with Gasteiger partial charge in [-0.15, -0.1) is 0 Å². The van der Waals surface area contributed by atoms with Crippen LogP contribution in [0.4, 0.5) is 0 Å². The number of benzene rings is 2. The van der Waals surface area contributed by atoms with Gasteiger partial charge in [-0.25, -0.2) is 14.3 Å². The summed E-state index contributed by atoms with van der Waals surface area (Å²) in [6.07, 6.45) is 2.50. The average Bonchev–Trinajstić information content (AvgIpc) is 3.23. The standard InChI is InChI=1S/C27H21N3O2/c1-32-27(31)24-16-8-14-21(28-24)18-23-25(20-12-6-3-7-13-20)29-30-17-9-15-22(26(23)30)19-10-4-2-5-11-19/h2-17H,18H2,1H3. The molecule has 32 heavy (non-hydrogen) atoms. The van der Waals surface area contributed by atoms with Crippen molar-refractivity contribution in [2.24, 2.45) is 0 Å². The van der Waals surface area contributed by atoms with Crippen LogP contribution in [0.3, 0.4) is 0 Å². The molecule has 156 valence electrons. The van der Waals surface area contributed by atoms with E-state index in [1.165, 1.54) is 7.11 Å². The summed E-state index contributed by atoms with van der Waals surface area (Å²) in [7, 11) is 1.36. The Morgan fingerprint density at radius 1 is 0.844 bits per heavy atom. The summed E-state index contributed by atoms with van der Waals surface area (Å²) in [4.78, 5) is 16.6. The Hall–Kier alpha value is -4.25. The molecule has 0 fully saturated rings. The molecule has 0 aliphatic rings. The zero-order valence-corrected chi connectivity index (χ0v) is 17.6. The van der Waals surface area contributed by atoms with Crippen LogP contribution >= 0.6 is 0 Å². The van der Waals surface area contributed by atoms with Crippen molar-refractivity contribution >= 4 is 11.5 Å². The minimum absolute atomic E-state index is 0.297. The first-order chi connectivity index (χ1) is 15.7. The van der Waals surface area contributed by atoms with E-state index in [0.29, 0.717) is 12.1 Å². The predicted octanol–water partition coefficient (Wildman–Crippen LogP) is 5.44. The fraction of sp³-hybridized carbons (Fsp3) is 0.0741. The summed E-state index contributed by atoms with van der Waals surface area (Å²) in [6, 6.07) is 30.0. The molecule has 5 nitrogen and oxygen atoms in total. The monoisotopic (exact) mass is 419 g/mol. The fourth-order valence-electron chi connectivity index (χ4n) is 3.99. The van der Waals surface area contributed by atoms with Crippen LogP contribution in [0.15, 0.2) is 97.2 Å². The van der Waals surface area contributed by atoms with E-state index in [-0.39, 0.29) is 0 Å². The third kappa shape index (κ3) is 3.65. The van der Waals surface area contributed by atoms with Gasteiger partial charge in [0.05, 0.1) is 18.3 Å². The lowest BCUT2D eigenvalue weighted by molar-refractivity contribution is 0.0593. The Morgan fingerprint density at radius 3 is 2.28 bits per heavy atom. The number of ether oxygens (including phenoxy) is 1. The number of hydrogen-bond acceptors (Lipinski definition) is 4. The number of pyridine rings is 2. The molecular weight excluding hydrogens is 398 g/mol. The molecule has 0 saturated carbocycles. The number of esters is 1. The van der Waals surface area contributed by atoms with Crippen molar-refractivity contribution < 1.29 is 9.53 Å². The van der Waals surface area contributed by atoms with Crippen molar-refractivity contribution in [2.75, 3.05) is 7.11 Å². The average molecular weight is 419 g/mol. The molecular formula is C27H21N3O2. The molecule has 0 saturated heterocycles. The lowest BCUT2D eigenvalue weighted by atomic mass is 9.97. The van der Waals surface area contributed by atoms with Gasteiger partial charge in [-0.2, -0.15) is 5.10 Å². The molecule has 0 atom stereocenters. The van der Waals surface area contributed by atoms with Crippen molar-refractivity contribution in [3.8, 4) is 22.4 Å². The quantitative estimate of drug-likeness (QED) is 0.356. The lowest BCUT2D eigenvalue weighted by Crippen LogP contribution is -2.06. The Kier molecular flexibility index (Phi) is 5.22. The highest BCUT2D eigenvalue weighted by Crippen LogP contribution is 2.34. The van der Waals surface area contributed by atoms with Gasteiger partial charge in [0.1, 0.15) is 5.69 Å². The van der Waals surface area contributed by atoms with Crippen LogP contribution < -0.4 is 0 Å². The van der Waals surface area contributed by atoms with Gasteiger partial charge in [0.2, 0.25) is 0 Å². The smallest absolute Gasteiger partial charge is 0.356 e. The van der Waals surface area contributed by atoms with Gasteiger partial charge in [-0.3, -0.25) is 0 Å². The molecule has 5 heteroatoms. The van der Waals surface area contributed by atoms with Crippen LogP contribution in [0.25, 0.3) is 27.9 Å². The van der Waals surface area contributed by atoms with Crippen LogP contribution in [0, 0.1) is 0 Å². The summed E-state index contributed by atoms with van der Waals surface area (Å²) in [5.41, 5.74) is 7.33. The van der Waals surface area contributed by atoms with Crippen molar-refractivity contribution in [1.29, 1.82) is 0 Å². The third-order valence-electron chi connectivity index (χ3n) is 5.45. The van der Waals surface area contributed by atoms with E-state index < -0.39 is 5.97 Å². The Bertz CT molecular complexity index is 1390. The molecule has 3 aromatic heterocycles.